The Morgan fingerprint density at radius 3 is 2.56 bits per heavy atom. The highest BCUT2D eigenvalue weighted by Crippen LogP contribution is 1.99. The van der Waals surface area contributed by atoms with Crippen LogP contribution in [0.25, 0.3) is 0 Å². The second kappa shape index (κ2) is 5.67. The number of rotatable bonds is 3. The van der Waals surface area contributed by atoms with Crippen LogP contribution in [-0.4, -0.2) is 21.6 Å². The molecule has 1 amide bonds. The third-order valence-corrected chi connectivity index (χ3v) is 2.35. The van der Waals surface area contributed by atoms with Crippen molar-refractivity contribution >= 4 is 11.6 Å². The summed E-state index contributed by atoms with van der Waals surface area (Å²) < 4.78 is 0. The van der Waals surface area contributed by atoms with Gasteiger partial charge in [-0.1, -0.05) is 0 Å². The molecule has 0 spiro atoms. The molecule has 2 heterocycles. The number of aromatic nitrogens is 2. The lowest BCUT2D eigenvalue weighted by atomic mass is 10.2. The molecule has 0 bridgehead atoms. The van der Waals surface area contributed by atoms with Gasteiger partial charge in [0, 0.05) is 30.4 Å². The van der Waals surface area contributed by atoms with Gasteiger partial charge in [0.1, 0.15) is 0 Å². The van der Waals surface area contributed by atoms with Crippen molar-refractivity contribution in [2.24, 2.45) is 5.10 Å². The number of nitrogens with zero attached hydrogens (tertiary/aromatic N) is 3. The summed E-state index contributed by atoms with van der Waals surface area (Å²) in [7, 11) is 0. The summed E-state index contributed by atoms with van der Waals surface area (Å²) in [6.07, 6.45) is 6.46. The van der Waals surface area contributed by atoms with E-state index in [9.17, 15) is 4.79 Å². The molecule has 1 N–H and O–H groups in total. The average Bonchev–Trinajstić information content (AvgIpc) is 2.46. The van der Waals surface area contributed by atoms with Gasteiger partial charge in [-0.15, -0.1) is 0 Å². The molecule has 0 saturated heterocycles. The van der Waals surface area contributed by atoms with Crippen LogP contribution in [0.15, 0.2) is 54.2 Å². The zero-order valence-electron chi connectivity index (χ0n) is 9.87. The number of nitrogens with one attached hydrogen (secondary N) is 1. The first-order valence-corrected chi connectivity index (χ1v) is 5.42. The van der Waals surface area contributed by atoms with Crippen molar-refractivity contribution in [3.05, 3.63) is 60.2 Å². The normalized spacial score (nSPS) is 11.1. The number of pyridine rings is 2. The number of carbonyl (C=O) groups excluding carboxylic acids is 1. The van der Waals surface area contributed by atoms with E-state index in [2.05, 4.69) is 20.5 Å². The molecule has 0 radical (unpaired) electrons. The summed E-state index contributed by atoms with van der Waals surface area (Å²) in [6.45, 7) is 1.82. The summed E-state index contributed by atoms with van der Waals surface area (Å²) in [5.74, 6) is -0.281. The molecule has 0 atom stereocenters. The van der Waals surface area contributed by atoms with Crippen LogP contribution < -0.4 is 5.43 Å². The van der Waals surface area contributed by atoms with Crippen molar-refractivity contribution in [1.82, 2.24) is 15.4 Å². The van der Waals surface area contributed by atoms with Crippen molar-refractivity contribution in [2.75, 3.05) is 0 Å². The quantitative estimate of drug-likeness (QED) is 0.655. The molecule has 0 aliphatic rings. The summed E-state index contributed by atoms with van der Waals surface area (Å²) in [5, 5.41) is 4.03. The standard InChI is InChI=1S/C13H12N4O/c1-10(11-4-7-14-8-5-11)16-17-13(18)12-3-2-6-15-9-12/h2-9H,1H3,(H,17,18)/b16-10-. The summed E-state index contributed by atoms with van der Waals surface area (Å²) in [5.41, 5.74) is 4.59. The zero-order valence-corrected chi connectivity index (χ0v) is 9.87. The van der Waals surface area contributed by atoms with Crippen LogP contribution in [0.4, 0.5) is 0 Å². The Labute approximate surface area is 105 Å². The molecule has 5 heteroatoms. The van der Waals surface area contributed by atoms with E-state index < -0.39 is 0 Å². The van der Waals surface area contributed by atoms with E-state index in [4.69, 9.17) is 0 Å². The van der Waals surface area contributed by atoms with Gasteiger partial charge in [-0.2, -0.15) is 5.10 Å². The molecule has 2 rings (SSSR count). The Morgan fingerprint density at radius 1 is 1.11 bits per heavy atom. The molecular weight excluding hydrogens is 228 g/mol. The predicted octanol–water partition coefficient (Wildman–Crippen LogP) is 1.63. The fraction of sp³-hybridized carbons (Fsp3) is 0.0769. The predicted molar refractivity (Wildman–Crippen MR) is 68.2 cm³/mol. The molecule has 5 nitrogen and oxygen atoms in total. The smallest absolute Gasteiger partial charge is 0.267 e. The number of hydrazone groups is 1. The van der Waals surface area contributed by atoms with Crippen molar-refractivity contribution in [3.8, 4) is 0 Å². The van der Waals surface area contributed by atoms with Crippen LogP contribution in [0.3, 0.4) is 0 Å². The third-order valence-electron chi connectivity index (χ3n) is 2.35. The molecule has 0 aliphatic heterocycles. The fourth-order valence-corrected chi connectivity index (χ4v) is 1.35. The maximum atomic E-state index is 11.7. The molecular formula is C13H12N4O. The number of amides is 1. The number of hydrogen-bond acceptors (Lipinski definition) is 4. The molecule has 18 heavy (non-hydrogen) atoms. The van der Waals surface area contributed by atoms with Crippen molar-refractivity contribution in [1.29, 1.82) is 0 Å². The zero-order chi connectivity index (χ0) is 12.8. The van der Waals surface area contributed by atoms with Crippen LogP contribution in [0.5, 0.6) is 0 Å². The highest BCUT2D eigenvalue weighted by atomic mass is 16.2. The van der Waals surface area contributed by atoms with Gasteiger partial charge in [-0.25, -0.2) is 5.43 Å². The Bertz CT molecular complexity index is 552. The average molecular weight is 240 g/mol. The van der Waals surface area contributed by atoms with Gasteiger partial charge in [-0.05, 0) is 31.2 Å². The number of hydrogen-bond donors (Lipinski definition) is 1. The molecule has 2 aromatic rings. The van der Waals surface area contributed by atoms with E-state index in [1.54, 1.807) is 30.7 Å². The molecule has 0 aliphatic carbocycles. The highest BCUT2D eigenvalue weighted by Gasteiger charge is 2.03. The van der Waals surface area contributed by atoms with Gasteiger partial charge >= 0.3 is 0 Å². The first-order valence-electron chi connectivity index (χ1n) is 5.42. The summed E-state index contributed by atoms with van der Waals surface area (Å²) >= 11 is 0. The molecule has 0 fully saturated rings. The minimum atomic E-state index is -0.281. The summed E-state index contributed by atoms with van der Waals surface area (Å²) in [6, 6.07) is 7.04. The van der Waals surface area contributed by atoms with Gasteiger partial charge in [0.05, 0.1) is 11.3 Å². The Balaban J connectivity index is 2.05. The first kappa shape index (κ1) is 11.9. The van der Waals surface area contributed by atoms with E-state index in [0.717, 1.165) is 11.3 Å². The third kappa shape index (κ3) is 2.98. The molecule has 2 aromatic heterocycles. The van der Waals surface area contributed by atoms with Crippen molar-refractivity contribution in [3.63, 3.8) is 0 Å². The van der Waals surface area contributed by atoms with E-state index in [1.807, 2.05) is 19.1 Å². The Kier molecular flexibility index (Phi) is 3.76. The van der Waals surface area contributed by atoms with E-state index in [-0.39, 0.29) is 5.91 Å². The van der Waals surface area contributed by atoms with E-state index >= 15 is 0 Å². The SMILES string of the molecule is C/C(=N/NC(=O)c1cccnc1)c1ccncc1. The van der Waals surface area contributed by atoms with Gasteiger partial charge in [0.15, 0.2) is 0 Å². The van der Waals surface area contributed by atoms with Crippen LogP contribution in [0.2, 0.25) is 0 Å². The highest BCUT2D eigenvalue weighted by molar-refractivity contribution is 6.00. The Morgan fingerprint density at radius 2 is 1.89 bits per heavy atom. The lowest BCUT2D eigenvalue weighted by Gasteiger charge is -2.02. The topological polar surface area (TPSA) is 67.2 Å². The second-order valence-corrected chi connectivity index (χ2v) is 3.62. The fourth-order valence-electron chi connectivity index (χ4n) is 1.35. The minimum Gasteiger partial charge on any atom is -0.267 e. The van der Waals surface area contributed by atoms with Gasteiger partial charge in [0.25, 0.3) is 5.91 Å². The van der Waals surface area contributed by atoms with Crippen LogP contribution in [-0.2, 0) is 0 Å². The molecule has 0 aromatic carbocycles. The monoisotopic (exact) mass is 240 g/mol. The van der Waals surface area contributed by atoms with Gasteiger partial charge in [-0.3, -0.25) is 14.8 Å². The van der Waals surface area contributed by atoms with E-state index in [0.29, 0.717) is 5.56 Å². The van der Waals surface area contributed by atoms with E-state index in [1.165, 1.54) is 6.20 Å². The molecule has 0 unspecified atom stereocenters. The molecule has 0 saturated carbocycles. The second-order valence-electron chi connectivity index (χ2n) is 3.62. The Hall–Kier alpha value is -2.56. The number of carbonyl (C=O) groups is 1. The first-order chi connectivity index (χ1) is 8.77. The van der Waals surface area contributed by atoms with Crippen LogP contribution in [0, 0.1) is 0 Å². The van der Waals surface area contributed by atoms with Crippen molar-refractivity contribution < 1.29 is 4.79 Å². The largest absolute Gasteiger partial charge is 0.272 e. The van der Waals surface area contributed by atoms with Gasteiger partial charge < -0.3 is 0 Å². The lowest BCUT2D eigenvalue weighted by Crippen LogP contribution is -2.19. The van der Waals surface area contributed by atoms with Crippen LogP contribution in [0.1, 0.15) is 22.8 Å². The van der Waals surface area contributed by atoms with Gasteiger partial charge in [0.2, 0.25) is 0 Å². The van der Waals surface area contributed by atoms with Crippen LogP contribution >= 0.6 is 0 Å². The minimum absolute atomic E-state index is 0.281. The maximum Gasteiger partial charge on any atom is 0.272 e. The van der Waals surface area contributed by atoms with Crippen molar-refractivity contribution in [2.45, 2.75) is 6.92 Å². The maximum absolute atomic E-state index is 11.7. The lowest BCUT2D eigenvalue weighted by molar-refractivity contribution is 0.0954. The molecule has 90 valence electrons. The summed E-state index contributed by atoms with van der Waals surface area (Å²) in [4.78, 5) is 19.5.